The predicted molar refractivity (Wildman–Crippen MR) is 106 cm³/mol. The zero-order valence-electron chi connectivity index (χ0n) is 14.3. The Hall–Kier alpha value is -2.98. The van der Waals surface area contributed by atoms with Crippen LogP contribution in [0.1, 0.15) is 11.1 Å². The lowest BCUT2D eigenvalue weighted by atomic mass is 10.2. The molecule has 0 aliphatic rings. The first-order valence-corrected chi connectivity index (χ1v) is 8.71. The van der Waals surface area contributed by atoms with Crippen molar-refractivity contribution in [1.29, 1.82) is 0 Å². The Morgan fingerprint density at radius 3 is 2.31 bits per heavy atom. The Bertz CT molecular complexity index is 1050. The number of aryl methyl sites for hydroxylation is 1. The number of ether oxygens (including phenoxy) is 1. The van der Waals surface area contributed by atoms with Gasteiger partial charge in [-0.25, -0.2) is 4.98 Å². The first-order chi connectivity index (χ1) is 12.6. The monoisotopic (exact) mass is 363 g/mol. The van der Waals surface area contributed by atoms with E-state index in [9.17, 15) is 0 Å². The van der Waals surface area contributed by atoms with E-state index < -0.39 is 0 Å². The fourth-order valence-electron chi connectivity index (χ4n) is 2.90. The molecule has 0 spiro atoms. The van der Waals surface area contributed by atoms with Crippen molar-refractivity contribution in [3.63, 3.8) is 0 Å². The molecule has 0 atom stereocenters. The Morgan fingerprint density at radius 1 is 0.962 bits per heavy atom. The third-order valence-corrected chi connectivity index (χ3v) is 4.50. The van der Waals surface area contributed by atoms with Gasteiger partial charge in [0, 0.05) is 5.02 Å². The summed E-state index contributed by atoms with van der Waals surface area (Å²) in [7, 11) is 0. The molecule has 3 aromatic carbocycles. The fourth-order valence-corrected chi connectivity index (χ4v) is 3.03. The summed E-state index contributed by atoms with van der Waals surface area (Å²) in [6.07, 6.45) is 0. The molecule has 1 heterocycles. The molecule has 0 fully saturated rings. The second-order valence-corrected chi connectivity index (χ2v) is 6.68. The van der Waals surface area contributed by atoms with Crippen LogP contribution in [0, 0.1) is 6.92 Å². The van der Waals surface area contributed by atoms with Crippen LogP contribution in [0.15, 0.2) is 66.7 Å². The van der Waals surface area contributed by atoms with Crippen LogP contribution in [0.4, 0.5) is 5.95 Å². The van der Waals surface area contributed by atoms with E-state index in [-0.39, 0.29) is 0 Å². The molecule has 0 bridgehead atoms. The summed E-state index contributed by atoms with van der Waals surface area (Å²) >= 11 is 5.89. The number of hydrogen-bond donors (Lipinski definition) is 1. The van der Waals surface area contributed by atoms with Crippen molar-refractivity contribution in [2.75, 3.05) is 5.73 Å². The molecular weight excluding hydrogens is 346 g/mol. The Balaban J connectivity index is 1.55. The number of nitrogens with two attached hydrogens (primary N) is 1. The van der Waals surface area contributed by atoms with Gasteiger partial charge in [-0.1, -0.05) is 29.8 Å². The molecule has 1 aromatic heterocycles. The highest BCUT2D eigenvalue weighted by Crippen LogP contribution is 2.25. The summed E-state index contributed by atoms with van der Waals surface area (Å²) in [5.74, 6) is 2.05. The maximum atomic E-state index is 6.11. The zero-order chi connectivity index (χ0) is 18.1. The second kappa shape index (κ2) is 6.73. The molecule has 4 nitrogen and oxygen atoms in total. The number of halogens is 1. The number of hydrogen-bond acceptors (Lipinski definition) is 3. The third kappa shape index (κ3) is 3.37. The van der Waals surface area contributed by atoms with Crippen molar-refractivity contribution >= 4 is 28.6 Å². The van der Waals surface area contributed by atoms with E-state index in [1.54, 1.807) is 12.1 Å². The molecule has 0 amide bonds. The lowest BCUT2D eigenvalue weighted by Gasteiger charge is -2.09. The van der Waals surface area contributed by atoms with Gasteiger partial charge in [0.15, 0.2) is 0 Å². The third-order valence-electron chi connectivity index (χ3n) is 4.25. The van der Waals surface area contributed by atoms with Crippen molar-refractivity contribution in [3.8, 4) is 11.5 Å². The molecule has 0 saturated carbocycles. The van der Waals surface area contributed by atoms with Gasteiger partial charge in [-0.3, -0.25) is 0 Å². The smallest absolute Gasteiger partial charge is 0.201 e. The Labute approximate surface area is 156 Å². The zero-order valence-corrected chi connectivity index (χ0v) is 15.1. The largest absolute Gasteiger partial charge is 0.457 e. The maximum Gasteiger partial charge on any atom is 0.201 e. The molecule has 0 aliphatic carbocycles. The van der Waals surface area contributed by atoms with E-state index >= 15 is 0 Å². The predicted octanol–water partition coefficient (Wildman–Crippen LogP) is 5.42. The summed E-state index contributed by atoms with van der Waals surface area (Å²) < 4.78 is 7.86. The van der Waals surface area contributed by atoms with E-state index in [4.69, 9.17) is 22.1 Å². The lowest BCUT2D eigenvalue weighted by molar-refractivity contribution is 0.482. The van der Waals surface area contributed by atoms with E-state index in [2.05, 4.69) is 18.0 Å². The molecule has 4 aromatic rings. The quantitative estimate of drug-likeness (QED) is 0.526. The molecule has 0 radical (unpaired) electrons. The number of benzene rings is 3. The van der Waals surface area contributed by atoms with E-state index in [1.165, 1.54) is 5.56 Å². The molecule has 4 rings (SSSR count). The highest BCUT2D eigenvalue weighted by atomic mass is 35.5. The summed E-state index contributed by atoms with van der Waals surface area (Å²) in [6, 6.07) is 21.4. The molecule has 26 heavy (non-hydrogen) atoms. The number of nitrogen functional groups attached to an aromatic ring is 1. The number of fused-ring (bicyclic) bond motifs is 1. The van der Waals surface area contributed by atoms with E-state index in [1.807, 2.05) is 53.1 Å². The molecule has 2 N–H and O–H groups in total. The molecule has 0 aliphatic heterocycles. The molecule has 0 saturated heterocycles. The van der Waals surface area contributed by atoms with Crippen LogP contribution in [0.2, 0.25) is 5.02 Å². The average molecular weight is 364 g/mol. The van der Waals surface area contributed by atoms with Gasteiger partial charge in [-0.05, 0) is 66.6 Å². The molecule has 0 unspecified atom stereocenters. The number of anilines is 1. The van der Waals surface area contributed by atoms with Crippen LogP contribution in [-0.2, 0) is 6.54 Å². The topological polar surface area (TPSA) is 53.1 Å². The van der Waals surface area contributed by atoms with Crippen molar-refractivity contribution < 1.29 is 4.74 Å². The summed E-state index contributed by atoms with van der Waals surface area (Å²) in [5.41, 5.74) is 10.4. The van der Waals surface area contributed by atoms with Crippen LogP contribution < -0.4 is 10.5 Å². The van der Waals surface area contributed by atoms with Gasteiger partial charge in [0.05, 0.1) is 17.6 Å². The minimum atomic E-state index is 0.520. The summed E-state index contributed by atoms with van der Waals surface area (Å²) in [5, 5.41) is 0.688. The van der Waals surface area contributed by atoms with Gasteiger partial charge in [-0.2, -0.15) is 0 Å². The highest BCUT2D eigenvalue weighted by molar-refractivity contribution is 6.30. The van der Waals surface area contributed by atoms with Crippen LogP contribution >= 0.6 is 11.6 Å². The maximum absolute atomic E-state index is 6.11. The molecular formula is C21H18ClN3O. The van der Waals surface area contributed by atoms with Gasteiger partial charge in [0.25, 0.3) is 0 Å². The van der Waals surface area contributed by atoms with Gasteiger partial charge in [0.1, 0.15) is 11.5 Å². The number of aromatic nitrogens is 2. The van der Waals surface area contributed by atoms with Gasteiger partial charge < -0.3 is 15.0 Å². The van der Waals surface area contributed by atoms with Crippen molar-refractivity contribution in [1.82, 2.24) is 9.55 Å². The SMILES string of the molecule is Cc1ccc2nc(N)n(Cc3ccc(Oc4ccc(Cl)cc4)cc3)c2c1. The molecule has 5 heteroatoms. The first kappa shape index (κ1) is 16.5. The average Bonchev–Trinajstić information content (AvgIpc) is 2.94. The van der Waals surface area contributed by atoms with Gasteiger partial charge in [0.2, 0.25) is 5.95 Å². The standard InChI is InChI=1S/C21H18ClN3O/c1-14-2-11-19-20(12-14)25(21(23)24-19)13-15-3-7-17(8-4-15)26-18-9-5-16(22)6-10-18/h2-12H,13H2,1H3,(H2,23,24). The number of imidazole rings is 1. The minimum absolute atomic E-state index is 0.520. The Morgan fingerprint density at radius 2 is 1.62 bits per heavy atom. The second-order valence-electron chi connectivity index (χ2n) is 6.25. The van der Waals surface area contributed by atoms with Crippen molar-refractivity contribution in [2.45, 2.75) is 13.5 Å². The molecule has 130 valence electrons. The minimum Gasteiger partial charge on any atom is -0.457 e. The first-order valence-electron chi connectivity index (χ1n) is 8.33. The normalized spacial score (nSPS) is 11.0. The number of rotatable bonds is 4. The van der Waals surface area contributed by atoms with E-state index in [0.29, 0.717) is 17.5 Å². The Kier molecular flexibility index (Phi) is 4.27. The van der Waals surface area contributed by atoms with Gasteiger partial charge >= 0.3 is 0 Å². The lowest BCUT2D eigenvalue weighted by Crippen LogP contribution is -2.04. The fraction of sp³-hybridized carbons (Fsp3) is 0.0952. The van der Waals surface area contributed by atoms with E-state index in [0.717, 1.165) is 28.1 Å². The van der Waals surface area contributed by atoms with Crippen LogP contribution in [0.25, 0.3) is 11.0 Å². The number of nitrogens with zero attached hydrogens (tertiary/aromatic N) is 2. The van der Waals surface area contributed by atoms with Crippen molar-refractivity contribution in [2.24, 2.45) is 0 Å². The van der Waals surface area contributed by atoms with Gasteiger partial charge in [-0.15, -0.1) is 0 Å². The van der Waals surface area contributed by atoms with Crippen LogP contribution in [-0.4, -0.2) is 9.55 Å². The highest BCUT2D eigenvalue weighted by Gasteiger charge is 2.09. The summed E-state index contributed by atoms with van der Waals surface area (Å²) in [6.45, 7) is 2.73. The summed E-state index contributed by atoms with van der Waals surface area (Å²) in [4.78, 5) is 4.44. The van der Waals surface area contributed by atoms with Crippen molar-refractivity contribution in [3.05, 3.63) is 82.9 Å². The van der Waals surface area contributed by atoms with Crippen LogP contribution in [0.3, 0.4) is 0 Å². The van der Waals surface area contributed by atoms with Crippen LogP contribution in [0.5, 0.6) is 11.5 Å².